The molecule has 0 radical (unpaired) electrons. The number of methoxy groups -OCH3 is 1. The van der Waals surface area contributed by atoms with Gasteiger partial charge in [-0.1, -0.05) is 12.1 Å². The Morgan fingerprint density at radius 1 is 0.969 bits per heavy atom. The maximum Gasteiger partial charge on any atom is 0.338 e. The minimum Gasteiger partial charge on any atom is -0.497 e. The SMILES string of the molecule is CCOC(=O)c1ccc(OCC(=O)NNC(=S)NC(=O)/C=C/c2ccc(OC)cc2)cc1. The summed E-state index contributed by atoms with van der Waals surface area (Å²) < 4.78 is 15.3. The molecule has 32 heavy (non-hydrogen) atoms. The normalized spacial score (nSPS) is 10.2. The lowest BCUT2D eigenvalue weighted by Gasteiger charge is -2.11. The van der Waals surface area contributed by atoms with Crippen molar-refractivity contribution >= 4 is 41.2 Å². The molecule has 0 aliphatic carbocycles. The number of nitrogens with one attached hydrogen (secondary N) is 3. The van der Waals surface area contributed by atoms with Crippen LogP contribution in [-0.2, 0) is 14.3 Å². The van der Waals surface area contributed by atoms with Crippen LogP contribution in [-0.4, -0.2) is 43.2 Å². The smallest absolute Gasteiger partial charge is 0.338 e. The molecule has 0 spiro atoms. The number of amides is 2. The summed E-state index contributed by atoms with van der Waals surface area (Å²) in [5, 5.41) is 2.32. The Hall–Kier alpha value is -3.92. The zero-order valence-electron chi connectivity index (χ0n) is 17.5. The first-order valence-electron chi connectivity index (χ1n) is 9.53. The molecular weight excluding hydrogens is 434 g/mol. The third-order valence-corrected chi connectivity index (χ3v) is 4.03. The second-order valence-corrected chi connectivity index (χ2v) is 6.54. The average molecular weight is 458 g/mol. The fourth-order valence-corrected chi connectivity index (χ4v) is 2.44. The monoisotopic (exact) mass is 457 g/mol. The molecule has 0 saturated heterocycles. The van der Waals surface area contributed by atoms with Crippen LogP contribution >= 0.6 is 12.2 Å². The molecule has 0 saturated carbocycles. The predicted molar refractivity (Wildman–Crippen MR) is 122 cm³/mol. The summed E-state index contributed by atoms with van der Waals surface area (Å²) in [5.74, 6) is -0.316. The maximum absolute atomic E-state index is 11.9. The molecule has 3 N–H and O–H groups in total. The van der Waals surface area contributed by atoms with Gasteiger partial charge in [0.05, 0.1) is 19.3 Å². The Morgan fingerprint density at radius 3 is 2.25 bits per heavy atom. The van der Waals surface area contributed by atoms with Gasteiger partial charge in [0, 0.05) is 6.08 Å². The number of thiocarbonyl (C=S) groups is 1. The van der Waals surface area contributed by atoms with Crippen LogP contribution in [0.5, 0.6) is 11.5 Å². The first kappa shape index (κ1) is 24.4. The summed E-state index contributed by atoms with van der Waals surface area (Å²) in [6, 6.07) is 13.3. The third kappa shape index (κ3) is 8.44. The lowest BCUT2D eigenvalue weighted by molar-refractivity contribution is -0.123. The largest absolute Gasteiger partial charge is 0.497 e. The predicted octanol–water partition coefficient (Wildman–Crippen LogP) is 1.99. The summed E-state index contributed by atoms with van der Waals surface area (Å²) in [4.78, 5) is 35.4. The van der Waals surface area contributed by atoms with Crippen molar-refractivity contribution in [2.24, 2.45) is 0 Å². The van der Waals surface area contributed by atoms with Crippen molar-refractivity contribution in [2.45, 2.75) is 6.92 Å². The van der Waals surface area contributed by atoms with Crippen LogP contribution in [0.15, 0.2) is 54.6 Å². The minimum atomic E-state index is -0.523. The number of hydrogen-bond acceptors (Lipinski definition) is 7. The number of carbonyl (C=O) groups excluding carboxylic acids is 3. The quantitative estimate of drug-likeness (QED) is 0.239. The summed E-state index contributed by atoms with van der Waals surface area (Å²) in [5.41, 5.74) is 5.91. The fourth-order valence-electron chi connectivity index (χ4n) is 2.28. The molecule has 2 rings (SSSR count). The molecule has 10 heteroatoms. The van der Waals surface area contributed by atoms with E-state index in [9.17, 15) is 14.4 Å². The zero-order valence-corrected chi connectivity index (χ0v) is 18.4. The second-order valence-electron chi connectivity index (χ2n) is 6.13. The molecule has 0 aromatic heterocycles. The molecule has 2 aromatic carbocycles. The summed E-state index contributed by atoms with van der Waals surface area (Å²) in [6.45, 7) is 1.70. The Balaban J connectivity index is 1.69. The van der Waals surface area contributed by atoms with Crippen molar-refractivity contribution in [3.05, 3.63) is 65.7 Å². The topological polar surface area (TPSA) is 115 Å². The van der Waals surface area contributed by atoms with Gasteiger partial charge in [0.2, 0.25) is 5.91 Å². The van der Waals surface area contributed by atoms with Crippen molar-refractivity contribution in [2.75, 3.05) is 20.3 Å². The van der Waals surface area contributed by atoms with Crippen LogP contribution in [0.1, 0.15) is 22.8 Å². The van der Waals surface area contributed by atoms with E-state index in [4.69, 9.17) is 26.4 Å². The van der Waals surface area contributed by atoms with E-state index in [1.807, 2.05) is 0 Å². The van der Waals surface area contributed by atoms with Gasteiger partial charge in [-0.2, -0.15) is 0 Å². The lowest BCUT2D eigenvalue weighted by atomic mass is 10.2. The van der Waals surface area contributed by atoms with E-state index < -0.39 is 17.8 Å². The molecule has 168 valence electrons. The minimum absolute atomic E-state index is 0.0819. The number of hydrogen-bond donors (Lipinski definition) is 3. The van der Waals surface area contributed by atoms with Crippen LogP contribution in [0.25, 0.3) is 6.08 Å². The number of ether oxygens (including phenoxy) is 3. The maximum atomic E-state index is 11.9. The molecule has 0 aliphatic heterocycles. The van der Waals surface area contributed by atoms with Crippen molar-refractivity contribution in [1.29, 1.82) is 0 Å². The van der Waals surface area contributed by atoms with Gasteiger partial charge in [0.25, 0.3) is 5.91 Å². The standard InChI is InChI=1S/C22H23N3O6S/c1-3-30-21(28)16-7-11-18(12-8-16)31-14-20(27)24-25-22(32)23-19(26)13-6-15-4-9-17(29-2)10-5-15/h4-13H,3,14H2,1-2H3,(H,24,27)(H2,23,25,26,32)/b13-6+. The molecule has 2 aromatic rings. The van der Waals surface area contributed by atoms with Gasteiger partial charge < -0.3 is 14.2 Å². The van der Waals surface area contributed by atoms with E-state index in [1.54, 1.807) is 56.5 Å². The van der Waals surface area contributed by atoms with Gasteiger partial charge in [0.1, 0.15) is 11.5 Å². The third-order valence-electron chi connectivity index (χ3n) is 3.83. The zero-order chi connectivity index (χ0) is 23.3. The van der Waals surface area contributed by atoms with Crippen LogP contribution in [0.3, 0.4) is 0 Å². The number of benzene rings is 2. The molecule has 0 fully saturated rings. The number of rotatable bonds is 8. The fraction of sp³-hybridized carbons (Fsp3) is 0.182. The Kier molecular flexibility index (Phi) is 9.67. The highest BCUT2D eigenvalue weighted by Crippen LogP contribution is 2.13. The molecule has 0 bridgehead atoms. The number of hydrazine groups is 1. The Labute approximate surface area is 190 Å². The first-order chi connectivity index (χ1) is 15.4. The van der Waals surface area contributed by atoms with Crippen molar-refractivity contribution in [3.8, 4) is 11.5 Å². The highest BCUT2D eigenvalue weighted by atomic mass is 32.1. The van der Waals surface area contributed by atoms with E-state index in [1.165, 1.54) is 18.2 Å². The Morgan fingerprint density at radius 2 is 1.62 bits per heavy atom. The average Bonchev–Trinajstić information content (AvgIpc) is 2.81. The first-order valence-corrected chi connectivity index (χ1v) is 9.94. The summed E-state index contributed by atoms with van der Waals surface area (Å²) in [7, 11) is 1.57. The van der Waals surface area contributed by atoms with E-state index in [0.29, 0.717) is 17.1 Å². The van der Waals surface area contributed by atoms with E-state index >= 15 is 0 Å². The van der Waals surface area contributed by atoms with Gasteiger partial charge >= 0.3 is 5.97 Å². The van der Waals surface area contributed by atoms with E-state index in [2.05, 4.69) is 16.2 Å². The lowest BCUT2D eigenvalue weighted by Crippen LogP contribution is -2.49. The highest BCUT2D eigenvalue weighted by Gasteiger charge is 2.08. The van der Waals surface area contributed by atoms with Gasteiger partial charge in [0.15, 0.2) is 11.7 Å². The molecule has 9 nitrogen and oxygen atoms in total. The van der Waals surface area contributed by atoms with Crippen LogP contribution in [0, 0.1) is 0 Å². The second kappa shape index (κ2) is 12.7. The van der Waals surface area contributed by atoms with Crippen molar-refractivity contribution in [1.82, 2.24) is 16.2 Å². The van der Waals surface area contributed by atoms with Gasteiger partial charge in [-0.05, 0) is 67.2 Å². The molecule has 2 amide bonds. The Bertz CT molecular complexity index is 974. The number of esters is 1. The molecular formula is C22H23N3O6S. The van der Waals surface area contributed by atoms with Gasteiger partial charge in [-0.3, -0.25) is 25.8 Å². The van der Waals surface area contributed by atoms with E-state index in [-0.39, 0.29) is 18.3 Å². The van der Waals surface area contributed by atoms with Crippen molar-refractivity contribution < 1.29 is 28.6 Å². The molecule has 0 atom stereocenters. The molecule has 0 aliphatic rings. The van der Waals surface area contributed by atoms with Crippen molar-refractivity contribution in [3.63, 3.8) is 0 Å². The molecule has 0 heterocycles. The van der Waals surface area contributed by atoms with Gasteiger partial charge in [-0.25, -0.2) is 4.79 Å². The summed E-state index contributed by atoms with van der Waals surface area (Å²) >= 11 is 4.96. The van der Waals surface area contributed by atoms with Crippen LogP contribution in [0.4, 0.5) is 0 Å². The highest BCUT2D eigenvalue weighted by molar-refractivity contribution is 7.80. The van der Waals surface area contributed by atoms with Crippen LogP contribution < -0.4 is 25.6 Å². The van der Waals surface area contributed by atoms with Crippen LogP contribution in [0.2, 0.25) is 0 Å². The van der Waals surface area contributed by atoms with Gasteiger partial charge in [-0.15, -0.1) is 0 Å². The number of carbonyl (C=O) groups is 3. The van der Waals surface area contributed by atoms with E-state index in [0.717, 1.165) is 5.56 Å². The summed E-state index contributed by atoms with van der Waals surface area (Å²) in [6.07, 6.45) is 2.91. The molecule has 0 unspecified atom stereocenters.